The Bertz CT molecular complexity index is 1910. The first kappa shape index (κ1) is 38.0. The highest BCUT2D eigenvalue weighted by atomic mass is 33.1. The Balaban J connectivity index is 1.32. The molecule has 5 N–H and O–H groups in total. The Hall–Kier alpha value is -3.74. The molecule has 1 fully saturated rings. The van der Waals surface area contributed by atoms with E-state index in [1.165, 1.54) is 6.92 Å². The Morgan fingerprint density at radius 3 is 2.52 bits per heavy atom. The Morgan fingerprint density at radius 1 is 1.00 bits per heavy atom. The summed E-state index contributed by atoms with van der Waals surface area (Å²) in [5.41, 5.74) is 5.83. The third-order valence-electron chi connectivity index (χ3n) is 10.3. The summed E-state index contributed by atoms with van der Waals surface area (Å²) in [6, 6.07) is 18.7. The molecular formula is C41H48N2O7S2. The molecule has 7 rings (SSSR count). The lowest BCUT2D eigenvalue weighted by atomic mass is 9.82. The lowest BCUT2D eigenvalue weighted by Gasteiger charge is -2.35. The Labute approximate surface area is 313 Å². The van der Waals surface area contributed by atoms with Crippen molar-refractivity contribution in [1.29, 1.82) is 0 Å². The van der Waals surface area contributed by atoms with E-state index in [1.807, 2.05) is 71.1 Å². The van der Waals surface area contributed by atoms with Gasteiger partial charge in [0.05, 0.1) is 26.4 Å². The van der Waals surface area contributed by atoms with Crippen LogP contribution in [-0.2, 0) is 33.1 Å². The number of anilines is 1. The first-order valence-electron chi connectivity index (χ1n) is 17.9. The van der Waals surface area contributed by atoms with Gasteiger partial charge >= 0.3 is 0 Å². The Morgan fingerprint density at radius 2 is 1.79 bits per heavy atom. The number of rotatable bonds is 9. The summed E-state index contributed by atoms with van der Waals surface area (Å²) >= 11 is 0. The highest BCUT2D eigenvalue weighted by molar-refractivity contribution is 8.76. The fourth-order valence-corrected chi connectivity index (χ4v) is 10.4. The summed E-state index contributed by atoms with van der Waals surface area (Å²) < 4.78 is 12.6. The number of fused-ring (bicyclic) bond motifs is 9. The van der Waals surface area contributed by atoms with Crippen molar-refractivity contribution in [2.45, 2.75) is 81.8 Å². The average Bonchev–Trinajstić information content (AvgIpc) is 3.15. The molecule has 11 heteroatoms. The van der Waals surface area contributed by atoms with Gasteiger partial charge in [-0.1, -0.05) is 51.9 Å². The van der Waals surface area contributed by atoms with Crippen LogP contribution in [0, 0.1) is 5.92 Å². The predicted octanol–water partition coefficient (Wildman–Crippen LogP) is 8.07. The minimum absolute atomic E-state index is 0.00106. The molecule has 2 bridgehead atoms. The minimum atomic E-state index is -0.503. The predicted molar refractivity (Wildman–Crippen MR) is 210 cm³/mol. The van der Waals surface area contributed by atoms with Gasteiger partial charge in [0.15, 0.2) is 11.5 Å². The molecule has 3 aliphatic rings. The number of aliphatic hydroxyl groups is 1. The van der Waals surface area contributed by atoms with Crippen LogP contribution in [-0.4, -0.2) is 58.9 Å². The van der Waals surface area contributed by atoms with E-state index in [0.717, 1.165) is 64.3 Å². The molecule has 52 heavy (non-hydrogen) atoms. The van der Waals surface area contributed by atoms with Crippen LogP contribution in [0.2, 0.25) is 0 Å². The van der Waals surface area contributed by atoms with Gasteiger partial charge in [-0.3, -0.25) is 14.9 Å². The number of aryl methyl sites for hydroxylation is 1. The van der Waals surface area contributed by atoms with E-state index in [2.05, 4.69) is 16.7 Å². The number of ether oxygens (including phenoxy) is 2. The van der Waals surface area contributed by atoms with Crippen LogP contribution in [0.1, 0.15) is 73.9 Å². The summed E-state index contributed by atoms with van der Waals surface area (Å²) in [5, 5.41) is 40.4. The van der Waals surface area contributed by atoms with Crippen LogP contribution in [0.5, 0.6) is 17.2 Å². The maximum absolute atomic E-state index is 13.9. The highest BCUT2D eigenvalue weighted by Crippen LogP contribution is 2.47. The van der Waals surface area contributed by atoms with Gasteiger partial charge in [-0.25, -0.2) is 0 Å². The molecular weight excluding hydrogens is 697 g/mol. The van der Waals surface area contributed by atoms with E-state index in [-0.39, 0.29) is 54.7 Å². The second kappa shape index (κ2) is 17.4. The first-order valence-corrected chi connectivity index (χ1v) is 20.3. The molecule has 0 radical (unpaired) electrons. The third-order valence-corrected chi connectivity index (χ3v) is 13.1. The first-order chi connectivity index (χ1) is 25.2. The molecule has 0 aromatic heterocycles. The number of carbonyl (C=O) groups excluding carboxylic acids is 2. The second-order valence-electron chi connectivity index (χ2n) is 13.8. The SMILES string of the molecule is CN[C@H](O[C@@H]1CC(=O)CCc2ccc(O)c(OC)c2-c2ccc3ccc(O)cc3c2CSSC2CCC1CC2)c1ccc(NCC(C)=O)c(CO)c1. The molecule has 0 spiro atoms. The van der Waals surface area contributed by atoms with Gasteiger partial charge in [0, 0.05) is 40.7 Å². The number of Topliss-reactive ketones (excluding diaryl/α,β-unsaturated/α-hetero) is 2. The molecule has 2 heterocycles. The zero-order chi connectivity index (χ0) is 36.8. The van der Waals surface area contributed by atoms with Crippen molar-refractivity contribution in [2.75, 3.05) is 26.0 Å². The number of ketones is 2. The maximum atomic E-state index is 13.9. The Kier molecular flexibility index (Phi) is 12.7. The lowest BCUT2D eigenvalue weighted by molar-refractivity contribution is -0.127. The van der Waals surface area contributed by atoms with E-state index >= 15 is 0 Å². The molecule has 9 nitrogen and oxygen atoms in total. The number of benzene rings is 4. The minimum Gasteiger partial charge on any atom is -0.508 e. The quantitative estimate of drug-likeness (QED) is 0.0841. The largest absolute Gasteiger partial charge is 0.508 e. The van der Waals surface area contributed by atoms with Crippen LogP contribution in [0.4, 0.5) is 5.69 Å². The van der Waals surface area contributed by atoms with E-state index < -0.39 is 6.23 Å². The molecule has 1 saturated carbocycles. The van der Waals surface area contributed by atoms with Gasteiger partial charge < -0.3 is 30.1 Å². The smallest absolute Gasteiger partial charge is 0.168 e. The van der Waals surface area contributed by atoms with Crippen molar-refractivity contribution in [2.24, 2.45) is 5.92 Å². The molecule has 0 unspecified atom stereocenters. The van der Waals surface area contributed by atoms with Gasteiger partial charge in [-0.05, 0) is 115 Å². The fraction of sp³-hybridized carbons (Fsp3) is 0.415. The second-order valence-corrected chi connectivity index (χ2v) is 16.4. The number of hydrogen-bond donors (Lipinski definition) is 5. The molecule has 276 valence electrons. The molecule has 1 aliphatic carbocycles. The van der Waals surface area contributed by atoms with E-state index in [4.69, 9.17) is 9.47 Å². The highest BCUT2D eigenvalue weighted by Gasteiger charge is 2.33. The number of methoxy groups -OCH3 is 1. The van der Waals surface area contributed by atoms with Crippen molar-refractivity contribution >= 4 is 49.6 Å². The maximum Gasteiger partial charge on any atom is 0.168 e. The third kappa shape index (κ3) is 8.72. The van der Waals surface area contributed by atoms with Gasteiger partial charge in [0.1, 0.15) is 23.5 Å². The molecule has 2 aliphatic heterocycles. The summed E-state index contributed by atoms with van der Waals surface area (Å²) in [7, 11) is 7.09. The molecule has 0 amide bonds. The van der Waals surface area contributed by atoms with Gasteiger partial charge in [-0.15, -0.1) is 0 Å². The molecule has 0 saturated heterocycles. The van der Waals surface area contributed by atoms with Crippen molar-refractivity contribution in [3.8, 4) is 28.4 Å². The van der Waals surface area contributed by atoms with E-state index in [9.17, 15) is 24.9 Å². The van der Waals surface area contributed by atoms with E-state index in [0.29, 0.717) is 40.8 Å². The lowest BCUT2D eigenvalue weighted by Crippen LogP contribution is -2.35. The molecule has 4 aromatic rings. The van der Waals surface area contributed by atoms with Gasteiger partial charge in [0.2, 0.25) is 0 Å². The summed E-state index contributed by atoms with van der Waals surface area (Å²) in [4.78, 5) is 25.5. The number of nitrogens with one attached hydrogen (secondary N) is 2. The van der Waals surface area contributed by atoms with Crippen LogP contribution in [0.3, 0.4) is 0 Å². The zero-order valence-corrected chi connectivity index (χ0v) is 31.6. The number of aliphatic hydroxyl groups excluding tert-OH is 1. The van der Waals surface area contributed by atoms with Crippen LogP contribution in [0.15, 0.2) is 60.7 Å². The standard InChI is InChI=1S/C41H48N2O7S2/c1-24(45)21-43-36-16-9-28(18-29(36)22-44)41(42-2)50-38-20-31(47)12-5-27-10-17-37(48)40(49-3)39(27)33-15-8-25-4-11-30(46)19-34(25)35(33)23-51-52-32-13-6-26(38)7-14-32/h4,8-11,15-19,26,32,38,41-44,46,48H,5-7,12-14,20-23H2,1-3H3/t26?,32?,38-,41-/m1/s1. The number of phenolic OH excluding ortho intramolecular Hbond substituents is 2. The molecule has 4 aromatic carbocycles. The van der Waals surface area contributed by atoms with E-state index in [1.54, 1.807) is 19.2 Å². The van der Waals surface area contributed by atoms with Crippen molar-refractivity contribution in [3.63, 3.8) is 0 Å². The average molecular weight is 745 g/mol. The van der Waals surface area contributed by atoms with Crippen LogP contribution < -0.4 is 15.4 Å². The van der Waals surface area contributed by atoms with Crippen molar-refractivity contribution in [1.82, 2.24) is 5.32 Å². The number of phenols is 2. The van der Waals surface area contributed by atoms with Crippen molar-refractivity contribution in [3.05, 3.63) is 82.9 Å². The van der Waals surface area contributed by atoms with Gasteiger partial charge in [-0.2, -0.15) is 0 Å². The topological polar surface area (TPSA) is 137 Å². The summed E-state index contributed by atoms with van der Waals surface area (Å²) in [6.07, 6.45) is 4.14. The zero-order valence-electron chi connectivity index (χ0n) is 29.9. The van der Waals surface area contributed by atoms with Crippen molar-refractivity contribution < 1.29 is 34.4 Å². The summed E-state index contributed by atoms with van der Waals surface area (Å²) in [5.74, 6) is 1.59. The van der Waals surface area contributed by atoms with Crippen LogP contribution >= 0.6 is 21.6 Å². The molecule has 2 atom stereocenters. The monoisotopic (exact) mass is 744 g/mol. The number of hydrogen-bond acceptors (Lipinski definition) is 11. The summed E-state index contributed by atoms with van der Waals surface area (Å²) in [6.45, 7) is 1.49. The van der Waals surface area contributed by atoms with Crippen LogP contribution in [0.25, 0.3) is 21.9 Å². The van der Waals surface area contributed by atoms with Gasteiger partial charge in [0.25, 0.3) is 0 Å². The fourth-order valence-electron chi connectivity index (χ4n) is 7.54. The normalized spacial score (nSPS) is 20.2. The number of aromatic hydroxyl groups is 2. The number of carbonyl (C=O) groups is 2.